The largest absolute Gasteiger partial charge is 0.507 e. The molecule has 6 rings (SSSR count). The summed E-state index contributed by atoms with van der Waals surface area (Å²) in [5.74, 6) is -5.97. The number of carbonyl (C=O) groups is 3. The van der Waals surface area contributed by atoms with Crippen molar-refractivity contribution in [3.05, 3.63) is 63.7 Å². The predicted molar refractivity (Wildman–Crippen MR) is 168 cm³/mol. The Hall–Kier alpha value is -4.69. The lowest BCUT2D eigenvalue weighted by Gasteiger charge is -2.44. The maximum Gasteiger partial charge on any atom is 0.228 e. The number of aliphatic hydroxyl groups is 6. The number of phenols is 4. The van der Waals surface area contributed by atoms with Crippen LogP contribution in [0.1, 0.15) is 54.7 Å². The molecule has 3 aliphatic rings. The molecule has 17 heteroatoms. The first-order chi connectivity index (χ1) is 24.1. The Bertz CT molecular complexity index is 1920. The molecular formula is C34H34O17. The predicted octanol–water partition coefficient (Wildman–Crippen LogP) is -0.896. The first kappa shape index (κ1) is 36.1. The normalized spacial score (nSPS) is 29.0. The molecule has 0 aromatic heterocycles. The number of aryl methyl sites for hydroxylation is 1. The number of ketones is 3. The number of Topliss-reactive ketones (excluding diaryl/α,β-unsaturated/α-hetero) is 1. The second-order valence-electron chi connectivity index (χ2n) is 12.4. The molecule has 9 unspecified atom stereocenters. The number of ether oxygens (including phenoxy) is 4. The zero-order valence-electron chi connectivity index (χ0n) is 26.8. The smallest absolute Gasteiger partial charge is 0.228 e. The van der Waals surface area contributed by atoms with E-state index in [2.05, 4.69) is 0 Å². The summed E-state index contributed by atoms with van der Waals surface area (Å²) >= 11 is 0. The van der Waals surface area contributed by atoms with Gasteiger partial charge in [0.1, 0.15) is 77.0 Å². The van der Waals surface area contributed by atoms with Crippen LogP contribution in [-0.2, 0) is 14.2 Å². The van der Waals surface area contributed by atoms with Gasteiger partial charge < -0.3 is 70.0 Å². The van der Waals surface area contributed by atoms with Crippen molar-refractivity contribution in [3.63, 3.8) is 0 Å². The van der Waals surface area contributed by atoms with Crippen molar-refractivity contribution < 1.29 is 84.4 Å². The molecule has 0 spiro atoms. The summed E-state index contributed by atoms with van der Waals surface area (Å²) in [6.07, 6.45) is -15.5. The first-order valence-corrected chi connectivity index (χ1v) is 15.6. The quantitative estimate of drug-likeness (QED) is 0.104. The van der Waals surface area contributed by atoms with Gasteiger partial charge in [-0.1, -0.05) is 12.1 Å². The van der Waals surface area contributed by atoms with Crippen LogP contribution in [0.5, 0.6) is 28.7 Å². The van der Waals surface area contributed by atoms with Gasteiger partial charge in [0.2, 0.25) is 12.1 Å². The van der Waals surface area contributed by atoms with E-state index in [1.54, 1.807) is 0 Å². The number of hydrogen-bond acceptors (Lipinski definition) is 17. The van der Waals surface area contributed by atoms with E-state index < -0.39 is 137 Å². The number of fused-ring (bicyclic) bond motifs is 2. The van der Waals surface area contributed by atoms with Gasteiger partial charge in [-0.3, -0.25) is 14.4 Å². The monoisotopic (exact) mass is 714 g/mol. The lowest BCUT2D eigenvalue weighted by molar-refractivity contribution is -0.343. The van der Waals surface area contributed by atoms with Crippen LogP contribution in [0.15, 0.2) is 30.3 Å². The number of phenolic OH excluding ortho intramolecular Hbond substituents is 4. The molecule has 0 saturated carbocycles. The number of aromatic hydroxyl groups is 4. The Kier molecular flexibility index (Phi) is 9.53. The molecule has 10 N–H and O–H groups in total. The first-order valence-electron chi connectivity index (χ1n) is 15.6. The lowest BCUT2D eigenvalue weighted by Crippen LogP contribution is -2.63. The zero-order chi connectivity index (χ0) is 37.2. The highest BCUT2D eigenvalue weighted by atomic mass is 16.7. The topological polar surface area (TPSA) is 290 Å². The maximum atomic E-state index is 13.8. The lowest BCUT2D eigenvalue weighted by atomic mass is 9.77. The molecule has 3 aromatic carbocycles. The number of aliphatic hydroxyl groups excluding tert-OH is 6. The minimum Gasteiger partial charge on any atom is -0.507 e. The number of benzene rings is 3. The minimum atomic E-state index is -1.93. The molecule has 272 valence electrons. The van der Waals surface area contributed by atoms with Crippen molar-refractivity contribution in [3.8, 4) is 39.9 Å². The molecule has 51 heavy (non-hydrogen) atoms. The van der Waals surface area contributed by atoms with Crippen LogP contribution in [0, 0.1) is 6.92 Å². The van der Waals surface area contributed by atoms with E-state index in [9.17, 15) is 65.4 Å². The third kappa shape index (κ3) is 5.87. The van der Waals surface area contributed by atoms with Crippen LogP contribution in [-0.4, -0.2) is 137 Å². The second-order valence-corrected chi connectivity index (χ2v) is 12.4. The summed E-state index contributed by atoms with van der Waals surface area (Å²) in [7, 11) is 0. The minimum absolute atomic E-state index is 0.0954. The van der Waals surface area contributed by atoms with Crippen molar-refractivity contribution in [2.24, 2.45) is 0 Å². The molecule has 2 saturated heterocycles. The fourth-order valence-corrected chi connectivity index (χ4v) is 6.62. The second kappa shape index (κ2) is 13.5. The molecule has 9 atom stereocenters. The van der Waals surface area contributed by atoms with E-state index in [-0.39, 0.29) is 22.3 Å². The van der Waals surface area contributed by atoms with Gasteiger partial charge in [0.15, 0.2) is 17.9 Å². The van der Waals surface area contributed by atoms with Gasteiger partial charge in [0.05, 0.1) is 29.9 Å². The summed E-state index contributed by atoms with van der Waals surface area (Å²) in [4.78, 5) is 40.3. The van der Waals surface area contributed by atoms with Crippen LogP contribution < -0.4 is 4.74 Å². The van der Waals surface area contributed by atoms with Crippen molar-refractivity contribution in [2.75, 3.05) is 13.2 Å². The Balaban J connectivity index is 1.38. The zero-order valence-corrected chi connectivity index (χ0v) is 26.8. The molecule has 2 heterocycles. The standard InChI is InChI=1S/C34H34O17/c1-10-6-14(38)23-24(25(41)12-4-3-5-13(37)21(12)28(23)44)19(10)22-15(39)7-17(20(11(2)36)27(22)43)49-33-31(47)32(16(40)9-48-33)51-34-30(46)29(45)26(42)18(8-35)50-34/h3-7,16,18,26,29-35,37-40,42-43,45-47H,8-9H2,1-2H3. The van der Waals surface area contributed by atoms with E-state index in [0.717, 1.165) is 19.1 Å². The molecule has 0 amide bonds. The number of hydrogen-bond donors (Lipinski definition) is 10. The number of rotatable bonds is 7. The fraction of sp³-hybridized carbons (Fsp3) is 0.382. The van der Waals surface area contributed by atoms with Gasteiger partial charge in [-0.05, 0) is 31.5 Å². The van der Waals surface area contributed by atoms with Crippen molar-refractivity contribution in [1.29, 1.82) is 0 Å². The Morgan fingerprint density at radius 1 is 0.804 bits per heavy atom. The van der Waals surface area contributed by atoms with Crippen LogP contribution in [0.3, 0.4) is 0 Å². The van der Waals surface area contributed by atoms with Crippen LogP contribution >= 0.6 is 0 Å². The molecule has 0 radical (unpaired) electrons. The average molecular weight is 715 g/mol. The molecule has 17 nitrogen and oxygen atoms in total. The van der Waals surface area contributed by atoms with Crippen LogP contribution in [0.4, 0.5) is 0 Å². The van der Waals surface area contributed by atoms with Gasteiger partial charge in [-0.15, -0.1) is 0 Å². The highest BCUT2D eigenvalue weighted by Gasteiger charge is 2.49. The summed E-state index contributed by atoms with van der Waals surface area (Å²) in [5, 5.41) is 106. The molecule has 3 aromatic rings. The fourth-order valence-electron chi connectivity index (χ4n) is 6.62. The van der Waals surface area contributed by atoms with Crippen molar-refractivity contribution >= 4 is 17.3 Å². The van der Waals surface area contributed by atoms with Gasteiger partial charge >= 0.3 is 0 Å². The van der Waals surface area contributed by atoms with E-state index in [0.29, 0.717) is 0 Å². The van der Waals surface area contributed by atoms with Gasteiger partial charge in [0.25, 0.3) is 0 Å². The summed E-state index contributed by atoms with van der Waals surface area (Å²) < 4.78 is 22.0. The van der Waals surface area contributed by atoms with E-state index in [1.807, 2.05) is 0 Å². The summed E-state index contributed by atoms with van der Waals surface area (Å²) in [5.41, 5.74) is -2.69. The van der Waals surface area contributed by atoms with Crippen LogP contribution in [0.25, 0.3) is 11.1 Å². The molecule has 2 fully saturated rings. The number of carbonyl (C=O) groups excluding carboxylic acids is 3. The van der Waals surface area contributed by atoms with Crippen LogP contribution in [0.2, 0.25) is 0 Å². The SMILES string of the molecule is CC(=O)c1c(OC2OCC(O)C(OC3OC(CO)C(O)C(O)C3O)C2O)cc(O)c(-c2c(C)cc(O)c3c2C(=O)c2cccc(O)c2C3=O)c1O. The van der Waals surface area contributed by atoms with Gasteiger partial charge in [0, 0.05) is 22.8 Å². The van der Waals surface area contributed by atoms with E-state index in [1.165, 1.54) is 25.1 Å². The highest BCUT2D eigenvalue weighted by molar-refractivity contribution is 6.32. The molecule has 1 aliphatic carbocycles. The molecule has 2 aliphatic heterocycles. The van der Waals surface area contributed by atoms with Crippen molar-refractivity contribution in [2.45, 2.75) is 69.2 Å². The average Bonchev–Trinajstić information content (AvgIpc) is 3.07. The highest BCUT2D eigenvalue weighted by Crippen LogP contribution is 2.51. The third-order valence-electron chi connectivity index (χ3n) is 9.13. The summed E-state index contributed by atoms with van der Waals surface area (Å²) in [6.45, 7) is 1.10. The Labute approximate surface area is 287 Å². The molecular weight excluding hydrogens is 680 g/mol. The third-order valence-corrected chi connectivity index (χ3v) is 9.13. The molecule has 0 bridgehead atoms. The Morgan fingerprint density at radius 2 is 1.49 bits per heavy atom. The Morgan fingerprint density at radius 3 is 2.16 bits per heavy atom. The summed E-state index contributed by atoms with van der Waals surface area (Å²) in [6, 6.07) is 5.77. The van der Waals surface area contributed by atoms with Gasteiger partial charge in [-0.25, -0.2) is 0 Å². The van der Waals surface area contributed by atoms with Gasteiger partial charge in [-0.2, -0.15) is 0 Å². The maximum absolute atomic E-state index is 13.8. The van der Waals surface area contributed by atoms with E-state index in [4.69, 9.17) is 18.9 Å². The van der Waals surface area contributed by atoms with E-state index >= 15 is 0 Å². The van der Waals surface area contributed by atoms with Crippen molar-refractivity contribution in [1.82, 2.24) is 0 Å².